The van der Waals surface area contributed by atoms with E-state index in [2.05, 4.69) is 72.5 Å². The molecule has 1 aliphatic rings. The van der Waals surface area contributed by atoms with E-state index in [1.807, 2.05) is 12.3 Å². The average molecular weight is 382 g/mol. The molecule has 2 nitrogen and oxygen atoms in total. The summed E-state index contributed by atoms with van der Waals surface area (Å²) in [6, 6.07) is 13.1. The number of aromatic nitrogens is 1. The zero-order chi connectivity index (χ0) is 13.2. The first-order valence-electron chi connectivity index (χ1n) is 6.35. The Morgan fingerprint density at radius 1 is 1.05 bits per heavy atom. The van der Waals surface area contributed by atoms with Gasteiger partial charge in [-0.3, -0.25) is 0 Å². The summed E-state index contributed by atoms with van der Waals surface area (Å²) in [6.07, 6.45) is 4.23. The summed E-state index contributed by atoms with van der Waals surface area (Å²) in [4.78, 5) is 4.23. The molecule has 1 N–H and O–H groups in total. The molecule has 0 radical (unpaired) electrons. The van der Waals surface area contributed by atoms with Crippen molar-refractivity contribution in [2.45, 2.75) is 24.8 Å². The van der Waals surface area contributed by atoms with Crippen LogP contribution in [-0.4, -0.2) is 11.0 Å². The van der Waals surface area contributed by atoms with Gasteiger partial charge >= 0.3 is 0 Å². The Morgan fingerprint density at radius 3 is 2.53 bits per heavy atom. The van der Waals surface area contributed by atoms with Gasteiger partial charge in [0.2, 0.25) is 0 Å². The van der Waals surface area contributed by atoms with Crippen LogP contribution < -0.4 is 5.32 Å². The Kier molecular flexibility index (Phi) is 3.89. The van der Waals surface area contributed by atoms with Gasteiger partial charge in [0.25, 0.3) is 0 Å². The molecule has 0 aliphatic heterocycles. The molecule has 0 spiro atoms. The quantitative estimate of drug-likeness (QED) is 0.759. The van der Waals surface area contributed by atoms with Crippen molar-refractivity contribution in [2.24, 2.45) is 0 Å². The van der Waals surface area contributed by atoms with E-state index in [1.54, 1.807) is 0 Å². The van der Waals surface area contributed by atoms with Crippen molar-refractivity contribution < 1.29 is 0 Å². The molecule has 1 aliphatic carbocycles. The molecule has 2 aromatic rings. The molecule has 98 valence electrons. The predicted octanol–water partition coefficient (Wildman–Crippen LogP) is 4.96. The highest BCUT2D eigenvalue weighted by molar-refractivity contribution is 9.10. The third-order valence-corrected chi connectivity index (χ3v) is 4.77. The van der Waals surface area contributed by atoms with E-state index in [0.29, 0.717) is 12.0 Å². The first-order valence-corrected chi connectivity index (χ1v) is 7.93. The second-order valence-corrected chi connectivity index (χ2v) is 6.57. The van der Waals surface area contributed by atoms with Crippen LogP contribution in [0.2, 0.25) is 0 Å². The maximum Gasteiger partial charge on any atom is 0.106 e. The van der Waals surface area contributed by atoms with Gasteiger partial charge in [-0.05, 0) is 58.5 Å². The van der Waals surface area contributed by atoms with Crippen LogP contribution in [-0.2, 0) is 0 Å². The minimum atomic E-state index is 0.556. The molecule has 0 saturated heterocycles. The molecule has 1 aromatic heterocycles. The van der Waals surface area contributed by atoms with E-state index in [4.69, 9.17) is 0 Å². The highest BCUT2D eigenvalue weighted by atomic mass is 79.9. The van der Waals surface area contributed by atoms with E-state index in [-0.39, 0.29) is 0 Å². The van der Waals surface area contributed by atoms with Crippen LogP contribution in [0.25, 0.3) is 0 Å². The van der Waals surface area contributed by atoms with Crippen molar-refractivity contribution >= 4 is 37.5 Å². The van der Waals surface area contributed by atoms with Gasteiger partial charge in [-0.2, -0.15) is 0 Å². The molecule has 1 aromatic carbocycles. The molecule has 1 heterocycles. The van der Waals surface area contributed by atoms with E-state index >= 15 is 0 Å². The average Bonchev–Trinajstić information content (AvgIpc) is 2.37. The van der Waals surface area contributed by atoms with Crippen molar-refractivity contribution in [1.82, 2.24) is 4.98 Å². The largest absolute Gasteiger partial charge is 0.381 e. The summed E-state index contributed by atoms with van der Waals surface area (Å²) in [6.45, 7) is 0. The van der Waals surface area contributed by atoms with Crippen LogP contribution in [0.4, 0.5) is 5.69 Å². The molecule has 0 atom stereocenters. The lowest BCUT2D eigenvalue weighted by atomic mass is 9.76. The van der Waals surface area contributed by atoms with E-state index in [0.717, 1.165) is 10.3 Å². The van der Waals surface area contributed by atoms with Crippen molar-refractivity contribution in [3.63, 3.8) is 0 Å². The van der Waals surface area contributed by atoms with Crippen LogP contribution in [0, 0.1) is 0 Å². The summed E-state index contributed by atoms with van der Waals surface area (Å²) < 4.78 is 2.10. The van der Waals surface area contributed by atoms with E-state index in [1.165, 1.54) is 22.9 Å². The summed E-state index contributed by atoms with van der Waals surface area (Å²) in [5.74, 6) is 0.663. The zero-order valence-corrected chi connectivity index (χ0v) is 13.5. The van der Waals surface area contributed by atoms with Gasteiger partial charge < -0.3 is 5.32 Å². The number of rotatable bonds is 3. The first kappa shape index (κ1) is 13.1. The van der Waals surface area contributed by atoms with Crippen molar-refractivity contribution in [2.75, 3.05) is 5.32 Å². The molecule has 3 rings (SSSR count). The first-order chi connectivity index (χ1) is 9.22. The monoisotopic (exact) mass is 380 g/mol. The normalized spacial score (nSPS) is 21.8. The van der Waals surface area contributed by atoms with Crippen LogP contribution in [0.15, 0.2) is 51.7 Å². The molecule has 1 fully saturated rings. The second-order valence-electron chi connectivity index (χ2n) is 4.90. The van der Waals surface area contributed by atoms with E-state index in [9.17, 15) is 0 Å². The van der Waals surface area contributed by atoms with Gasteiger partial charge in [0.15, 0.2) is 0 Å². The maximum absolute atomic E-state index is 4.23. The predicted molar refractivity (Wildman–Crippen MR) is 85.5 cm³/mol. The summed E-state index contributed by atoms with van der Waals surface area (Å²) >= 11 is 6.98. The van der Waals surface area contributed by atoms with Gasteiger partial charge in [0.1, 0.15) is 4.60 Å². The van der Waals surface area contributed by atoms with Crippen molar-refractivity contribution in [3.8, 4) is 0 Å². The summed E-state index contributed by atoms with van der Waals surface area (Å²) in [5, 5.41) is 3.53. The number of nitrogens with one attached hydrogen (secondary N) is 1. The van der Waals surface area contributed by atoms with Gasteiger partial charge in [0.05, 0.1) is 11.9 Å². The molecule has 19 heavy (non-hydrogen) atoms. The Balaban J connectivity index is 1.58. The molecule has 0 amide bonds. The Bertz CT molecular complexity index is 563. The standard InChI is InChI=1S/C15H14Br2N2/c16-14-4-2-1-3-13(14)10-7-12(8-10)19-11-5-6-15(17)18-9-11/h1-6,9-10,12,19H,7-8H2. The van der Waals surface area contributed by atoms with Crippen molar-refractivity contribution in [3.05, 3.63) is 57.2 Å². The fourth-order valence-electron chi connectivity index (χ4n) is 2.49. The van der Waals surface area contributed by atoms with Crippen LogP contribution in [0.5, 0.6) is 0 Å². The molecule has 0 unspecified atom stereocenters. The summed E-state index contributed by atoms with van der Waals surface area (Å²) in [5.41, 5.74) is 2.52. The topological polar surface area (TPSA) is 24.9 Å². The number of pyridine rings is 1. The smallest absolute Gasteiger partial charge is 0.106 e. The number of hydrogen-bond donors (Lipinski definition) is 1. The van der Waals surface area contributed by atoms with Crippen LogP contribution >= 0.6 is 31.9 Å². The SMILES string of the molecule is Brc1ccc(NC2CC(c3ccccc3Br)C2)cn1. The number of hydrogen-bond acceptors (Lipinski definition) is 2. The van der Waals surface area contributed by atoms with Gasteiger partial charge in [-0.15, -0.1) is 0 Å². The minimum absolute atomic E-state index is 0.556. The Labute approximate surface area is 129 Å². The molecule has 4 heteroatoms. The minimum Gasteiger partial charge on any atom is -0.381 e. The van der Waals surface area contributed by atoms with Gasteiger partial charge in [-0.1, -0.05) is 34.1 Å². The lowest BCUT2D eigenvalue weighted by Crippen LogP contribution is -2.34. The van der Waals surface area contributed by atoms with Crippen LogP contribution in [0.3, 0.4) is 0 Å². The third-order valence-electron chi connectivity index (χ3n) is 3.58. The van der Waals surface area contributed by atoms with Crippen LogP contribution in [0.1, 0.15) is 24.3 Å². The molecular weight excluding hydrogens is 368 g/mol. The number of halogens is 2. The number of anilines is 1. The number of nitrogens with zero attached hydrogens (tertiary/aromatic N) is 1. The van der Waals surface area contributed by atoms with Gasteiger partial charge in [0, 0.05) is 10.5 Å². The van der Waals surface area contributed by atoms with Crippen molar-refractivity contribution in [1.29, 1.82) is 0 Å². The maximum atomic E-state index is 4.23. The highest BCUT2D eigenvalue weighted by Crippen LogP contribution is 2.41. The lowest BCUT2D eigenvalue weighted by molar-refractivity contribution is 0.373. The highest BCUT2D eigenvalue weighted by Gasteiger charge is 2.31. The molecule has 1 saturated carbocycles. The molecule has 0 bridgehead atoms. The van der Waals surface area contributed by atoms with Gasteiger partial charge in [-0.25, -0.2) is 4.98 Å². The fourth-order valence-corrected chi connectivity index (χ4v) is 3.34. The Hall–Kier alpha value is -0.870. The number of benzene rings is 1. The fraction of sp³-hybridized carbons (Fsp3) is 0.267. The van der Waals surface area contributed by atoms with E-state index < -0.39 is 0 Å². The Morgan fingerprint density at radius 2 is 1.84 bits per heavy atom. The zero-order valence-electron chi connectivity index (χ0n) is 10.3. The molecular formula is C15H14Br2N2. The third kappa shape index (κ3) is 3.00. The lowest BCUT2D eigenvalue weighted by Gasteiger charge is -2.37. The summed E-state index contributed by atoms with van der Waals surface area (Å²) in [7, 11) is 0. The second kappa shape index (κ2) is 5.63.